The third kappa shape index (κ3) is 6.54. The molecule has 0 bridgehead atoms. The van der Waals surface area contributed by atoms with Crippen molar-refractivity contribution in [1.82, 2.24) is 0 Å². The van der Waals surface area contributed by atoms with Crippen LogP contribution in [0.15, 0.2) is 0 Å². The van der Waals surface area contributed by atoms with Gasteiger partial charge in [0.25, 0.3) is 0 Å². The summed E-state index contributed by atoms with van der Waals surface area (Å²) < 4.78 is 9.61. The van der Waals surface area contributed by atoms with Gasteiger partial charge in [-0.2, -0.15) is 0 Å². The lowest BCUT2D eigenvalue weighted by molar-refractivity contribution is -0.131. The van der Waals surface area contributed by atoms with Crippen LogP contribution >= 0.6 is 0 Å². The monoisotopic (exact) mass is 178 g/mol. The van der Waals surface area contributed by atoms with Crippen LogP contribution in [0.5, 0.6) is 0 Å². The van der Waals surface area contributed by atoms with Gasteiger partial charge in [-0.1, -0.05) is 13.3 Å². The van der Waals surface area contributed by atoms with Gasteiger partial charge >= 0.3 is 0 Å². The molecule has 0 rings (SSSR count). The van der Waals surface area contributed by atoms with Crippen LogP contribution in [0.2, 0.25) is 0 Å². The van der Waals surface area contributed by atoms with E-state index in [4.69, 9.17) is 14.9 Å². The molecule has 2 N–H and O–H groups in total. The SMILES string of the molecule is CCCC(O)OC[C@@H](O)COC. The predicted molar refractivity (Wildman–Crippen MR) is 44.7 cm³/mol. The predicted octanol–water partition coefficient (Wildman–Crippen LogP) is 0.129. The van der Waals surface area contributed by atoms with Crippen molar-refractivity contribution < 1.29 is 19.7 Å². The molecule has 0 saturated heterocycles. The molecule has 0 amide bonds. The minimum absolute atomic E-state index is 0.120. The molecule has 0 aliphatic heterocycles. The van der Waals surface area contributed by atoms with E-state index < -0.39 is 12.4 Å². The summed E-state index contributed by atoms with van der Waals surface area (Å²) in [5, 5.41) is 18.2. The van der Waals surface area contributed by atoms with Gasteiger partial charge in [-0.3, -0.25) is 0 Å². The molecule has 4 heteroatoms. The van der Waals surface area contributed by atoms with Crippen molar-refractivity contribution in [3.05, 3.63) is 0 Å². The summed E-state index contributed by atoms with van der Waals surface area (Å²) in [6.07, 6.45) is 0.0457. The van der Waals surface area contributed by atoms with E-state index in [0.29, 0.717) is 6.42 Å². The van der Waals surface area contributed by atoms with Crippen molar-refractivity contribution >= 4 is 0 Å². The Morgan fingerprint density at radius 1 is 1.25 bits per heavy atom. The van der Waals surface area contributed by atoms with E-state index in [0.717, 1.165) is 6.42 Å². The molecule has 0 aromatic rings. The quantitative estimate of drug-likeness (QED) is 0.544. The van der Waals surface area contributed by atoms with E-state index in [1.165, 1.54) is 7.11 Å². The Balaban J connectivity index is 3.27. The number of rotatable bonds is 7. The molecular formula is C8H18O4. The Morgan fingerprint density at radius 3 is 2.42 bits per heavy atom. The van der Waals surface area contributed by atoms with Crippen LogP contribution in [0, 0.1) is 0 Å². The Hall–Kier alpha value is -0.160. The van der Waals surface area contributed by atoms with Gasteiger partial charge in [0, 0.05) is 7.11 Å². The van der Waals surface area contributed by atoms with Crippen LogP contribution in [0.3, 0.4) is 0 Å². The van der Waals surface area contributed by atoms with Crippen LogP contribution in [0.4, 0.5) is 0 Å². The summed E-state index contributed by atoms with van der Waals surface area (Å²) in [5.41, 5.74) is 0. The first-order valence-electron chi connectivity index (χ1n) is 4.17. The Kier molecular flexibility index (Phi) is 7.39. The van der Waals surface area contributed by atoms with Gasteiger partial charge in [0.1, 0.15) is 6.10 Å². The zero-order chi connectivity index (χ0) is 9.40. The third-order valence-corrected chi connectivity index (χ3v) is 1.38. The highest BCUT2D eigenvalue weighted by atomic mass is 16.6. The second-order valence-electron chi connectivity index (χ2n) is 2.69. The van der Waals surface area contributed by atoms with E-state index >= 15 is 0 Å². The smallest absolute Gasteiger partial charge is 0.154 e. The van der Waals surface area contributed by atoms with Gasteiger partial charge in [0.2, 0.25) is 0 Å². The summed E-state index contributed by atoms with van der Waals surface area (Å²) >= 11 is 0. The molecule has 0 heterocycles. The molecule has 0 spiro atoms. The van der Waals surface area contributed by atoms with Crippen molar-refractivity contribution in [2.45, 2.75) is 32.2 Å². The van der Waals surface area contributed by atoms with Crippen LogP contribution < -0.4 is 0 Å². The Morgan fingerprint density at radius 2 is 1.92 bits per heavy atom. The van der Waals surface area contributed by atoms with Crippen molar-refractivity contribution in [3.63, 3.8) is 0 Å². The maximum absolute atomic E-state index is 9.11. The van der Waals surface area contributed by atoms with Gasteiger partial charge in [0.15, 0.2) is 6.29 Å². The highest BCUT2D eigenvalue weighted by molar-refractivity contribution is 4.51. The first-order chi connectivity index (χ1) is 5.70. The first kappa shape index (κ1) is 11.8. The van der Waals surface area contributed by atoms with Gasteiger partial charge in [0.05, 0.1) is 13.2 Å². The van der Waals surface area contributed by atoms with E-state index in [2.05, 4.69) is 4.74 Å². The lowest BCUT2D eigenvalue weighted by Crippen LogP contribution is -2.24. The van der Waals surface area contributed by atoms with Crippen LogP contribution in [0.25, 0.3) is 0 Å². The lowest BCUT2D eigenvalue weighted by atomic mass is 10.3. The van der Waals surface area contributed by atoms with Gasteiger partial charge in [-0.25, -0.2) is 0 Å². The van der Waals surface area contributed by atoms with Gasteiger partial charge < -0.3 is 19.7 Å². The third-order valence-electron chi connectivity index (χ3n) is 1.38. The van der Waals surface area contributed by atoms with Crippen LogP contribution in [-0.2, 0) is 9.47 Å². The second-order valence-corrected chi connectivity index (χ2v) is 2.69. The molecule has 0 saturated carbocycles. The first-order valence-corrected chi connectivity index (χ1v) is 4.17. The fraction of sp³-hybridized carbons (Fsp3) is 1.00. The summed E-state index contributed by atoms with van der Waals surface area (Å²) in [5.74, 6) is 0. The number of aliphatic hydroxyl groups excluding tert-OH is 2. The minimum atomic E-state index is -0.762. The van der Waals surface area contributed by atoms with Crippen molar-refractivity contribution in [2.75, 3.05) is 20.3 Å². The Labute approximate surface area is 73.1 Å². The zero-order valence-electron chi connectivity index (χ0n) is 7.69. The van der Waals surface area contributed by atoms with Crippen molar-refractivity contribution in [2.24, 2.45) is 0 Å². The summed E-state index contributed by atoms with van der Waals surface area (Å²) in [7, 11) is 1.51. The Bertz CT molecular complexity index is 85.1. The summed E-state index contributed by atoms with van der Waals surface area (Å²) in [4.78, 5) is 0. The summed E-state index contributed by atoms with van der Waals surface area (Å²) in [6, 6.07) is 0. The highest BCUT2D eigenvalue weighted by Gasteiger charge is 2.07. The number of ether oxygens (including phenoxy) is 2. The molecule has 0 radical (unpaired) electrons. The second kappa shape index (κ2) is 7.49. The van der Waals surface area contributed by atoms with E-state index in [9.17, 15) is 0 Å². The molecule has 2 atom stereocenters. The molecule has 0 aromatic heterocycles. The number of methoxy groups -OCH3 is 1. The fourth-order valence-electron chi connectivity index (χ4n) is 0.793. The highest BCUT2D eigenvalue weighted by Crippen LogP contribution is 1.98. The zero-order valence-corrected chi connectivity index (χ0v) is 7.69. The van der Waals surface area contributed by atoms with E-state index in [1.807, 2.05) is 6.92 Å². The van der Waals surface area contributed by atoms with Gasteiger partial charge in [-0.05, 0) is 6.42 Å². The fourth-order valence-corrected chi connectivity index (χ4v) is 0.793. The maximum Gasteiger partial charge on any atom is 0.154 e. The molecule has 12 heavy (non-hydrogen) atoms. The summed E-state index contributed by atoms with van der Waals surface area (Å²) in [6.45, 7) is 2.31. The van der Waals surface area contributed by atoms with Crippen LogP contribution in [0.1, 0.15) is 19.8 Å². The average molecular weight is 178 g/mol. The van der Waals surface area contributed by atoms with E-state index in [1.54, 1.807) is 0 Å². The number of hydrogen-bond donors (Lipinski definition) is 2. The molecule has 0 aliphatic rings. The molecule has 74 valence electrons. The molecule has 0 aliphatic carbocycles. The average Bonchev–Trinajstić information content (AvgIpc) is 2.02. The maximum atomic E-state index is 9.11. The largest absolute Gasteiger partial charge is 0.388 e. The van der Waals surface area contributed by atoms with Crippen molar-refractivity contribution in [3.8, 4) is 0 Å². The molecular weight excluding hydrogens is 160 g/mol. The van der Waals surface area contributed by atoms with Crippen molar-refractivity contribution in [1.29, 1.82) is 0 Å². The van der Waals surface area contributed by atoms with Gasteiger partial charge in [-0.15, -0.1) is 0 Å². The van der Waals surface area contributed by atoms with E-state index in [-0.39, 0.29) is 13.2 Å². The standard InChI is InChI=1S/C8H18O4/c1-3-4-8(10)12-6-7(9)5-11-2/h7-10H,3-6H2,1-2H3/t7-,8?/m0/s1. The molecule has 0 fully saturated rings. The minimum Gasteiger partial charge on any atom is -0.388 e. The van der Waals surface area contributed by atoms with Crippen LogP contribution in [-0.4, -0.2) is 42.9 Å². The number of hydrogen-bond acceptors (Lipinski definition) is 4. The molecule has 0 aromatic carbocycles. The normalized spacial score (nSPS) is 16.0. The molecule has 1 unspecified atom stereocenters. The molecule has 4 nitrogen and oxygen atoms in total. The number of aliphatic hydroxyl groups is 2. The lowest BCUT2D eigenvalue weighted by Gasteiger charge is -2.14. The topological polar surface area (TPSA) is 58.9 Å².